The second-order valence-electron chi connectivity index (χ2n) is 7.75. The van der Waals surface area contributed by atoms with E-state index in [9.17, 15) is 9.18 Å². The minimum atomic E-state index is -0.294. The highest BCUT2D eigenvalue weighted by atomic mass is 32.1. The van der Waals surface area contributed by atoms with Crippen molar-refractivity contribution in [2.75, 3.05) is 37.6 Å². The maximum absolute atomic E-state index is 14.1. The molecule has 5 nitrogen and oxygen atoms in total. The molecule has 4 rings (SSSR count). The zero-order valence-corrected chi connectivity index (χ0v) is 19.4. The summed E-state index contributed by atoms with van der Waals surface area (Å²) in [6.45, 7) is 8.91. The van der Waals surface area contributed by atoms with Gasteiger partial charge in [0.1, 0.15) is 10.8 Å². The van der Waals surface area contributed by atoms with Gasteiger partial charge in [0.05, 0.1) is 18.2 Å². The molecule has 0 aliphatic carbocycles. The molecule has 3 heterocycles. The first-order valence-electron chi connectivity index (χ1n) is 10.6. The van der Waals surface area contributed by atoms with E-state index < -0.39 is 0 Å². The fourth-order valence-electron chi connectivity index (χ4n) is 3.91. The van der Waals surface area contributed by atoms with Gasteiger partial charge in [0.2, 0.25) is 5.91 Å². The number of hydrogen-bond acceptors (Lipinski definition) is 6. The van der Waals surface area contributed by atoms with E-state index in [2.05, 4.69) is 32.4 Å². The summed E-state index contributed by atoms with van der Waals surface area (Å²) in [5.41, 5.74) is 3.66. The van der Waals surface area contributed by atoms with Crippen LogP contribution in [0.15, 0.2) is 40.4 Å². The highest BCUT2D eigenvalue weighted by Gasteiger charge is 2.22. The summed E-state index contributed by atoms with van der Waals surface area (Å²) in [5.74, 6) is -0.396. The number of carbonyl (C=O) groups is 1. The average molecular weight is 459 g/mol. The van der Waals surface area contributed by atoms with Crippen molar-refractivity contribution in [1.82, 2.24) is 15.2 Å². The van der Waals surface area contributed by atoms with Crippen LogP contribution in [0.3, 0.4) is 0 Å². The van der Waals surface area contributed by atoms with Crippen molar-refractivity contribution in [2.24, 2.45) is 0 Å². The summed E-state index contributed by atoms with van der Waals surface area (Å²) in [4.78, 5) is 22.0. The second-order valence-corrected chi connectivity index (χ2v) is 9.38. The monoisotopic (exact) mass is 458 g/mol. The van der Waals surface area contributed by atoms with Crippen molar-refractivity contribution in [2.45, 2.75) is 26.3 Å². The first-order chi connectivity index (χ1) is 15.0. The van der Waals surface area contributed by atoms with E-state index in [1.165, 1.54) is 6.07 Å². The van der Waals surface area contributed by atoms with Crippen molar-refractivity contribution >= 4 is 34.3 Å². The molecule has 1 fully saturated rings. The maximum atomic E-state index is 14.1. The zero-order valence-electron chi connectivity index (χ0n) is 17.8. The molecule has 1 aliphatic heterocycles. The van der Waals surface area contributed by atoms with Gasteiger partial charge in [-0.05, 0) is 43.1 Å². The first kappa shape index (κ1) is 21.9. The third-order valence-electron chi connectivity index (χ3n) is 5.66. The molecule has 1 N–H and O–H groups in total. The molecule has 1 aromatic carbocycles. The zero-order chi connectivity index (χ0) is 21.8. The Morgan fingerprint density at radius 2 is 2.03 bits per heavy atom. The number of nitrogens with one attached hydrogen (secondary N) is 1. The fraction of sp³-hybridized carbons (Fsp3) is 0.391. The number of halogens is 1. The Labute approximate surface area is 190 Å². The summed E-state index contributed by atoms with van der Waals surface area (Å²) >= 11 is 3.17. The molecule has 2 aromatic heterocycles. The smallest absolute Gasteiger partial charge is 0.226 e. The van der Waals surface area contributed by atoms with Crippen LogP contribution in [0, 0.1) is 5.82 Å². The number of thiazole rings is 1. The van der Waals surface area contributed by atoms with Gasteiger partial charge >= 0.3 is 0 Å². The van der Waals surface area contributed by atoms with E-state index in [4.69, 9.17) is 0 Å². The third-order valence-corrected chi connectivity index (χ3v) is 7.28. The molecule has 31 heavy (non-hydrogen) atoms. The van der Waals surface area contributed by atoms with Gasteiger partial charge in [-0.15, -0.1) is 11.3 Å². The predicted molar refractivity (Wildman–Crippen MR) is 126 cm³/mol. The number of anilines is 1. The number of carbonyl (C=O) groups excluding carboxylic acids is 1. The number of benzene rings is 1. The number of aromatic nitrogens is 1. The molecule has 1 atom stereocenters. The Morgan fingerprint density at radius 1 is 1.23 bits per heavy atom. The normalized spacial score (nSPS) is 15.8. The number of piperazine rings is 1. The molecule has 1 amide bonds. The molecule has 0 saturated carbocycles. The molecule has 0 bridgehead atoms. The molecule has 164 valence electrons. The number of hydrogen-bond donors (Lipinski definition) is 1. The molecular weight excluding hydrogens is 431 g/mol. The van der Waals surface area contributed by atoms with Crippen molar-refractivity contribution < 1.29 is 9.18 Å². The standard InChI is InChI=1S/C23H27FN4OS2/c1-3-27-7-9-28(10-8-27)21-5-4-18(24)12-20(21)16(2)25-22(29)13-19-15-31-23(26-19)17-6-11-30-14-17/h4-6,11-12,14-16H,3,7-10,13H2,1-2H3,(H,25,29). The summed E-state index contributed by atoms with van der Waals surface area (Å²) in [7, 11) is 0. The van der Waals surface area contributed by atoms with E-state index >= 15 is 0 Å². The number of nitrogens with zero attached hydrogens (tertiary/aromatic N) is 3. The van der Waals surface area contributed by atoms with Gasteiger partial charge in [-0.25, -0.2) is 9.37 Å². The number of likely N-dealkylation sites (N-methyl/N-ethyl adjacent to an activating group) is 1. The van der Waals surface area contributed by atoms with Crippen LogP contribution in [-0.2, 0) is 11.2 Å². The van der Waals surface area contributed by atoms with Crippen molar-refractivity contribution in [3.05, 3.63) is 57.5 Å². The van der Waals surface area contributed by atoms with Crippen LogP contribution in [-0.4, -0.2) is 48.5 Å². The summed E-state index contributed by atoms with van der Waals surface area (Å²) in [6.07, 6.45) is 0.213. The maximum Gasteiger partial charge on any atom is 0.226 e. The highest BCUT2D eigenvalue weighted by molar-refractivity contribution is 7.14. The largest absolute Gasteiger partial charge is 0.369 e. The average Bonchev–Trinajstić information content (AvgIpc) is 3.46. The van der Waals surface area contributed by atoms with E-state index in [1.54, 1.807) is 28.7 Å². The van der Waals surface area contributed by atoms with Crippen molar-refractivity contribution in [3.63, 3.8) is 0 Å². The Morgan fingerprint density at radius 3 is 2.74 bits per heavy atom. The van der Waals surface area contributed by atoms with Gasteiger partial charge in [0.15, 0.2) is 0 Å². The van der Waals surface area contributed by atoms with Crippen molar-refractivity contribution in [1.29, 1.82) is 0 Å². The topological polar surface area (TPSA) is 48.5 Å². The SMILES string of the molecule is CCN1CCN(c2ccc(F)cc2C(C)NC(=O)Cc2csc(-c3ccsc3)n2)CC1. The summed E-state index contributed by atoms with van der Waals surface area (Å²) in [6, 6.07) is 6.62. The van der Waals surface area contributed by atoms with Gasteiger partial charge in [-0.2, -0.15) is 11.3 Å². The lowest BCUT2D eigenvalue weighted by atomic mass is 10.0. The number of rotatable bonds is 7. The Kier molecular flexibility index (Phi) is 6.99. The van der Waals surface area contributed by atoms with Crippen LogP contribution in [0.4, 0.5) is 10.1 Å². The van der Waals surface area contributed by atoms with E-state index in [0.29, 0.717) is 0 Å². The molecule has 8 heteroatoms. The van der Waals surface area contributed by atoms with Gasteiger partial charge in [0.25, 0.3) is 0 Å². The lowest BCUT2D eigenvalue weighted by Crippen LogP contribution is -2.46. The van der Waals surface area contributed by atoms with Crippen LogP contribution in [0.2, 0.25) is 0 Å². The summed E-state index contributed by atoms with van der Waals surface area (Å²) in [5, 5.41) is 9.96. The lowest BCUT2D eigenvalue weighted by Gasteiger charge is -2.37. The minimum absolute atomic E-state index is 0.110. The van der Waals surface area contributed by atoms with E-state index in [0.717, 1.165) is 60.2 Å². The van der Waals surface area contributed by atoms with Gasteiger partial charge < -0.3 is 15.1 Å². The first-order valence-corrected chi connectivity index (χ1v) is 12.4. The Balaban J connectivity index is 1.42. The number of thiophene rings is 1. The third kappa shape index (κ3) is 5.31. The van der Waals surface area contributed by atoms with E-state index in [-0.39, 0.29) is 24.2 Å². The Hall–Kier alpha value is -2.29. The highest BCUT2D eigenvalue weighted by Crippen LogP contribution is 2.29. The van der Waals surface area contributed by atoms with Crippen LogP contribution < -0.4 is 10.2 Å². The molecule has 3 aromatic rings. The van der Waals surface area contributed by atoms with Crippen LogP contribution in [0.5, 0.6) is 0 Å². The molecule has 0 radical (unpaired) electrons. The van der Waals surface area contributed by atoms with E-state index in [1.807, 2.05) is 29.8 Å². The van der Waals surface area contributed by atoms with Gasteiger partial charge in [-0.3, -0.25) is 4.79 Å². The summed E-state index contributed by atoms with van der Waals surface area (Å²) < 4.78 is 14.1. The molecular formula is C23H27FN4OS2. The molecule has 1 aliphatic rings. The fourth-order valence-corrected chi connectivity index (χ4v) is 5.44. The molecule has 1 saturated heterocycles. The molecule has 1 unspecified atom stereocenters. The quantitative estimate of drug-likeness (QED) is 0.563. The molecule has 0 spiro atoms. The predicted octanol–water partition coefficient (Wildman–Crippen LogP) is 4.57. The second kappa shape index (κ2) is 9.89. The van der Waals surface area contributed by atoms with Gasteiger partial charge in [-0.1, -0.05) is 6.92 Å². The minimum Gasteiger partial charge on any atom is -0.369 e. The van der Waals surface area contributed by atoms with Crippen LogP contribution >= 0.6 is 22.7 Å². The number of amides is 1. The van der Waals surface area contributed by atoms with Crippen LogP contribution in [0.25, 0.3) is 10.6 Å². The van der Waals surface area contributed by atoms with Gasteiger partial charge in [0, 0.05) is 53.8 Å². The van der Waals surface area contributed by atoms with Crippen molar-refractivity contribution in [3.8, 4) is 10.6 Å². The van der Waals surface area contributed by atoms with Crippen LogP contribution in [0.1, 0.15) is 31.1 Å². The lowest BCUT2D eigenvalue weighted by molar-refractivity contribution is -0.121. The Bertz CT molecular complexity index is 1010.